The second-order valence-electron chi connectivity index (χ2n) is 4.97. The van der Waals surface area contributed by atoms with Gasteiger partial charge in [-0.2, -0.15) is 0 Å². The van der Waals surface area contributed by atoms with Gasteiger partial charge in [-0.1, -0.05) is 0 Å². The Morgan fingerprint density at radius 1 is 1.37 bits per heavy atom. The van der Waals surface area contributed by atoms with E-state index in [0.717, 1.165) is 57.9 Å². The molecule has 1 saturated heterocycles. The van der Waals surface area contributed by atoms with Crippen molar-refractivity contribution in [1.29, 1.82) is 0 Å². The molecule has 0 amide bonds. The fraction of sp³-hybridized carbons (Fsp3) is 0.643. The van der Waals surface area contributed by atoms with Crippen molar-refractivity contribution in [2.45, 2.75) is 13.0 Å². The van der Waals surface area contributed by atoms with Crippen molar-refractivity contribution in [3.8, 4) is 0 Å². The molecule has 0 bridgehead atoms. The van der Waals surface area contributed by atoms with Gasteiger partial charge in [-0.05, 0) is 31.1 Å². The van der Waals surface area contributed by atoms with Crippen LogP contribution in [0.1, 0.15) is 12.0 Å². The largest absolute Gasteiger partial charge is 0.379 e. The van der Waals surface area contributed by atoms with Crippen molar-refractivity contribution in [2.24, 2.45) is 7.05 Å². The van der Waals surface area contributed by atoms with Gasteiger partial charge in [-0.15, -0.1) is 0 Å². The van der Waals surface area contributed by atoms with E-state index in [9.17, 15) is 4.79 Å². The quantitative estimate of drug-likeness (QED) is 0.746. The Balaban J connectivity index is 1.61. The molecule has 1 fully saturated rings. The summed E-state index contributed by atoms with van der Waals surface area (Å²) in [7, 11) is 1.77. The van der Waals surface area contributed by atoms with E-state index in [-0.39, 0.29) is 5.56 Å². The smallest absolute Gasteiger partial charge is 0.250 e. The Morgan fingerprint density at radius 3 is 2.89 bits per heavy atom. The molecule has 5 nitrogen and oxygen atoms in total. The maximum absolute atomic E-state index is 11.5. The number of ether oxygens (including phenoxy) is 1. The minimum Gasteiger partial charge on any atom is -0.379 e. The summed E-state index contributed by atoms with van der Waals surface area (Å²) >= 11 is 0. The normalized spacial score (nSPS) is 16.7. The van der Waals surface area contributed by atoms with Crippen LogP contribution < -0.4 is 10.9 Å². The van der Waals surface area contributed by atoms with Crippen molar-refractivity contribution in [3.05, 3.63) is 34.2 Å². The number of pyridine rings is 1. The number of morpholine rings is 1. The zero-order chi connectivity index (χ0) is 13.5. The molecule has 106 valence electrons. The monoisotopic (exact) mass is 265 g/mol. The maximum atomic E-state index is 11.5. The number of aryl methyl sites for hydroxylation is 1. The molecule has 2 rings (SSSR count). The molecule has 2 heterocycles. The van der Waals surface area contributed by atoms with Crippen molar-refractivity contribution in [2.75, 3.05) is 39.4 Å². The molecule has 0 spiro atoms. The lowest BCUT2D eigenvalue weighted by Gasteiger charge is -2.26. The van der Waals surface area contributed by atoms with Crippen LogP contribution in [0.3, 0.4) is 0 Å². The predicted octanol–water partition coefficient (Wildman–Crippen LogP) is 0.197. The zero-order valence-electron chi connectivity index (χ0n) is 11.6. The van der Waals surface area contributed by atoms with E-state index in [1.165, 1.54) is 0 Å². The van der Waals surface area contributed by atoms with Crippen LogP contribution in [-0.4, -0.2) is 48.9 Å². The Hall–Kier alpha value is -1.17. The Bertz CT molecular complexity index is 439. The summed E-state index contributed by atoms with van der Waals surface area (Å²) < 4.78 is 6.90. The Morgan fingerprint density at radius 2 is 2.16 bits per heavy atom. The zero-order valence-corrected chi connectivity index (χ0v) is 11.6. The van der Waals surface area contributed by atoms with Gasteiger partial charge in [0.1, 0.15) is 0 Å². The van der Waals surface area contributed by atoms with Gasteiger partial charge in [0, 0.05) is 38.9 Å². The molecule has 1 aliphatic heterocycles. The Kier molecular flexibility index (Phi) is 5.57. The van der Waals surface area contributed by atoms with Gasteiger partial charge < -0.3 is 14.6 Å². The lowest BCUT2D eigenvalue weighted by atomic mass is 10.2. The molecule has 0 atom stereocenters. The summed E-state index contributed by atoms with van der Waals surface area (Å²) in [6.07, 6.45) is 2.94. The highest BCUT2D eigenvalue weighted by Crippen LogP contribution is 1.98. The second-order valence-corrected chi connectivity index (χ2v) is 4.97. The summed E-state index contributed by atoms with van der Waals surface area (Å²) in [6.45, 7) is 6.68. The van der Waals surface area contributed by atoms with Gasteiger partial charge in [-0.3, -0.25) is 9.69 Å². The van der Waals surface area contributed by atoms with E-state index in [2.05, 4.69) is 10.2 Å². The highest BCUT2D eigenvalue weighted by atomic mass is 16.5. The maximum Gasteiger partial charge on any atom is 0.250 e. The number of nitrogens with zero attached hydrogens (tertiary/aromatic N) is 2. The summed E-state index contributed by atoms with van der Waals surface area (Å²) in [5, 5.41) is 3.38. The average Bonchev–Trinajstić information content (AvgIpc) is 2.43. The molecule has 0 unspecified atom stereocenters. The van der Waals surface area contributed by atoms with Gasteiger partial charge in [-0.25, -0.2) is 0 Å². The summed E-state index contributed by atoms with van der Waals surface area (Å²) in [6, 6.07) is 3.67. The number of hydrogen-bond acceptors (Lipinski definition) is 4. The van der Waals surface area contributed by atoms with E-state index < -0.39 is 0 Å². The van der Waals surface area contributed by atoms with Crippen LogP contribution in [0.2, 0.25) is 0 Å². The molecule has 1 N–H and O–H groups in total. The van der Waals surface area contributed by atoms with E-state index in [0.29, 0.717) is 0 Å². The van der Waals surface area contributed by atoms with E-state index in [4.69, 9.17) is 4.74 Å². The van der Waals surface area contributed by atoms with Crippen LogP contribution >= 0.6 is 0 Å². The average molecular weight is 265 g/mol. The van der Waals surface area contributed by atoms with Crippen LogP contribution in [0.15, 0.2) is 23.1 Å². The third-order valence-corrected chi connectivity index (χ3v) is 3.43. The van der Waals surface area contributed by atoms with Crippen LogP contribution in [-0.2, 0) is 18.3 Å². The van der Waals surface area contributed by atoms with Crippen LogP contribution in [0, 0.1) is 0 Å². The first-order valence-electron chi connectivity index (χ1n) is 6.92. The van der Waals surface area contributed by atoms with Gasteiger partial charge in [0.15, 0.2) is 0 Å². The van der Waals surface area contributed by atoms with E-state index in [1.807, 2.05) is 12.3 Å². The molecule has 1 aromatic rings. The molecular formula is C14H23N3O2. The summed E-state index contributed by atoms with van der Waals surface area (Å²) in [5.41, 5.74) is 1.10. The van der Waals surface area contributed by atoms with Crippen molar-refractivity contribution in [3.63, 3.8) is 0 Å². The lowest BCUT2D eigenvalue weighted by molar-refractivity contribution is 0.0374. The first-order chi connectivity index (χ1) is 9.25. The van der Waals surface area contributed by atoms with Crippen LogP contribution in [0.5, 0.6) is 0 Å². The molecule has 1 aliphatic rings. The predicted molar refractivity (Wildman–Crippen MR) is 75.3 cm³/mol. The highest BCUT2D eigenvalue weighted by molar-refractivity contribution is 5.10. The summed E-state index contributed by atoms with van der Waals surface area (Å²) in [5.74, 6) is 0. The van der Waals surface area contributed by atoms with Gasteiger partial charge in [0.2, 0.25) is 0 Å². The molecule has 0 aromatic carbocycles. The first-order valence-corrected chi connectivity index (χ1v) is 6.92. The minimum absolute atomic E-state index is 0.0487. The lowest BCUT2D eigenvalue weighted by Crippen LogP contribution is -2.37. The topological polar surface area (TPSA) is 46.5 Å². The molecule has 5 heteroatoms. The molecule has 0 radical (unpaired) electrons. The standard InChI is InChI=1S/C14H23N3O2/c1-16-6-3-13(11-14(16)18)12-15-4-2-5-17-7-9-19-10-8-17/h3,6,11,15H,2,4-5,7-10,12H2,1H3. The van der Waals surface area contributed by atoms with Crippen LogP contribution in [0.25, 0.3) is 0 Å². The third-order valence-electron chi connectivity index (χ3n) is 3.43. The van der Waals surface area contributed by atoms with Crippen molar-refractivity contribution >= 4 is 0 Å². The molecular weight excluding hydrogens is 242 g/mol. The van der Waals surface area contributed by atoms with Crippen molar-refractivity contribution in [1.82, 2.24) is 14.8 Å². The molecule has 1 aromatic heterocycles. The number of nitrogens with one attached hydrogen (secondary N) is 1. The SMILES string of the molecule is Cn1ccc(CNCCCN2CCOCC2)cc1=O. The van der Waals surface area contributed by atoms with Gasteiger partial charge in [0.05, 0.1) is 13.2 Å². The number of hydrogen-bond donors (Lipinski definition) is 1. The van der Waals surface area contributed by atoms with Gasteiger partial charge >= 0.3 is 0 Å². The Labute approximate surface area is 114 Å². The van der Waals surface area contributed by atoms with Crippen LogP contribution in [0.4, 0.5) is 0 Å². The fourth-order valence-electron chi connectivity index (χ4n) is 2.18. The van der Waals surface area contributed by atoms with Crippen molar-refractivity contribution < 1.29 is 4.74 Å². The third kappa shape index (κ3) is 4.78. The minimum atomic E-state index is 0.0487. The fourth-order valence-corrected chi connectivity index (χ4v) is 2.18. The molecule has 19 heavy (non-hydrogen) atoms. The highest BCUT2D eigenvalue weighted by Gasteiger charge is 2.08. The molecule has 0 saturated carbocycles. The summed E-state index contributed by atoms with van der Waals surface area (Å²) in [4.78, 5) is 13.9. The van der Waals surface area contributed by atoms with E-state index >= 15 is 0 Å². The first kappa shape index (κ1) is 14.2. The number of aromatic nitrogens is 1. The molecule has 0 aliphatic carbocycles. The van der Waals surface area contributed by atoms with Gasteiger partial charge in [0.25, 0.3) is 5.56 Å². The second kappa shape index (κ2) is 7.43. The number of rotatable bonds is 6. The van der Waals surface area contributed by atoms with E-state index in [1.54, 1.807) is 17.7 Å².